The Balaban J connectivity index is 1.86. The van der Waals surface area contributed by atoms with Crippen LogP contribution >= 0.6 is 0 Å². The Morgan fingerprint density at radius 2 is 2.05 bits per heavy atom. The molecule has 2 aromatic rings. The van der Waals surface area contributed by atoms with Gasteiger partial charge in [-0.25, -0.2) is 0 Å². The summed E-state index contributed by atoms with van der Waals surface area (Å²) in [5.74, 6) is 0. The molecule has 3 rings (SSSR count). The number of piperidine rings is 1. The van der Waals surface area contributed by atoms with Crippen LogP contribution in [0.1, 0.15) is 24.4 Å². The van der Waals surface area contributed by atoms with Gasteiger partial charge in [0.15, 0.2) is 0 Å². The first kappa shape index (κ1) is 14.1. The average molecular weight is 282 g/mol. The van der Waals surface area contributed by atoms with E-state index in [4.69, 9.17) is 0 Å². The lowest BCUT2D eigenvalue weighted by Crippen LogP contribution is -2.43. The molecule has 0 spiro atoms. The second-order valence-electron chi connectivity index (χ2n) is 6.02. The zero-order chi connectivity index (χ0) is 14.8. The van der Waals surface area contributed by atoms with Crippen molar-refractivity contribution in [2.45, 2.75) is 24.9 Å². The van der Waals surface area contributed by atoms with Gasteiger partial charge in [-0.2, -0.15) is 5.26 Å². The number of benzene rings is 1. The van der Waals surface area contributed by atoms with E-state index in [1.807, 2.05) is 18.3 Å². The van der Waals surface area contributed by atoms with Gasteiger partial charge in [0.1, 0.15) is 6.04 Å². The number of aromatic nitrogens is 1. The van der Waals surface area contributed by atoms with Crippen molar-refractivity contribution in [3.63, 3.8) is 0 Å². The number of hydrogen-bond acceptors (Lipinski definition) is 3. The summed E-state index contributed by atoms with van der Waals surface area (Å²) in [7, 11) is 4.25. The van der Waals surface area contributed by atoms with Crippen LogP contribution in [0.15, 0.2) is 30.5 Å². The van der Waals surface area contributed by atoms with Crippen molar-refractivity contribution in [1.29, 1.82) is 5.26 Å². The second-order valence-corrected chi connectivity index (χ2v) is 6.02. The van der Waals surface area contributed by atoms with Crippen LogP contribution in [0.4, 0.5) is 0 Å². The first-order valence-corrected chi connectivity index (χ1v) is 7.57. The predicted octanol–water partition coefficient (Wildman–Crippen LogP) is 2.76. The monoisotopic (exact) mass is 282 g/mol. The van der Waals surface area contributed by atoms with Crippen molar-refractivity contribution in [1.82, 2.24) is 14.8 Å². The van der Waals surface area contributed by atoms with Gasteiger partial charge in [0.2, 0.25) is 0 Å². The fourth-order valence-corrected chi connectivity index (χ4v) is 3.31. The topological polar surface area (TPSA) is 46.1 Å². The third-order valence-corrected chi connectivity index (χ3v) is 4.71. The van der Waals surface area contributed by atoms with Crippen LogP contribution in [-0.4, -0.2) is 48.0 Å². The van der Waals surface area contributed by atoms with E-state index in [0.29, 0.717) is 6.04 Å². The molecular formula is C17H22N4. The summed E-state index contributed by atoms with van der Waals surface area (Å²) in [4.78, 5) is 7.89. The summed E-state index contributed by atoms with van der Waals surface area (Å²) < 4.78 is 0. The average Bonchev–Trinajstić information content (AvgIpc) is 2.93. The molecule has 0 aliphatic carbocycles. The number of nitrogens with one attached hydrogen (secondary N) is 1. The second kappa shape index (κ2) is 5.88. The van der Waals surface area contributed by atoms with Crippen LogP contribution in [0, 0.1) is 11.3 Å². The van der Waals surface area contributed by atoms with E-state index in [2.05, 4.69) is 47.1 Å². The number of likely N-dealkylation sites (tertiary alicyclic amines) is 1. The van der Waals surface area contributed by atoms with Crippen molar-refractivity contribution in [3.8, 4) is 6.07 Å². The Labute approximate surface area is 126 Å². The number of aromatic amines is 1. The molecule has 1 aliphatic rings. The molecule has 1 N–H and O–H groups in total. The molecule has 1 aromatic carbocycles. The Kier molecular flexibility index (Phi) is 3.96. The zero-order valence-corrected chi connectivity index (χ0v) is 12.7. The lowest BCUT2D eigenvalue weighted by molar-refractivity contribution is 0.126. The van der Waals surface area contributed by atoms with Gasteiger partial charge in [-0.1, -0.05) is 18.2 Å². The number of nitriles is 1. The molecule has 1 atom stereocenters. The van der Waals surface area contributed by atoms with Crippen LogP contribution in [0.5, 0.6) is 0 Å². The van der Waals surface area contributed by atoms with Crippen LogP contribution < -0.4 is 0 Å². The highest BCUT2D eigenvalue weighted by atomic mass is 15.2. The largest absolute Gasteiger partial charge is 0.361 e. The van der Waals surface area contributed by atoms with Crippen molar-refractivity contribution in [2.75, 3.05) is 27.2 Å². The minimum atomic E-state index is -0.186. The molecule has 21 heavy (non-hydrogen) atoms. The summed E-state index contributed by atoms with van der Waals surface area (Å²) in [6, 6.07) is 11.0. The summed E-state index contributed by atoms with van der Waals surface area (Å²) >= 11 is 0. The van der Waals surface area contributed by atoms with Crippen LogP contribution in [-0.2, 0) is 0 Å². The fraction of sp³-hybridized carbons (Fsp3) is 0.471. The van der Waals surface area contributed by atoms with E-state index < -0.39 is 0 Å². The van der Waals surface area contributed by atoms with Crippen LogP contribution in [0.25, 0.3) is 10.9 Å². The first-order chi connectivity index (χ1) is 10.2. The standard InChI is InChI=1S/C17H22N4/c1-20-9-7-13(8-10-20)21(2)17(11-18)15-12-19-16-6-4-3-5-14(15)16/h3-6,12-13,17,19H,7-10H2,1-2H3. The highest BCUT2D eigenvalue weighted by Gasteiger charge is 2.28. The van der Waals surface area contributed by atoms with E-state index in [0.717, 1.165) is 42.4 Å². The molecule has 0 saturated carbocycles. The van der Waals surface area contributed by atoms with E-state index in [9.17, 15) is 5.26 Å². The van der Waals surface area contributed by atoms with Crippen molar-refractivity contribution < 1.29 is 0 Å². The zero-order valence-electron chi connectivity index (χ0n) is 12.7. The smallest absolute Gasteiger partial charge is 0.125 e. The molecule has 1 aromatic heterocycles. The molecule has 4 nitrogen and oxygen atoms in total. The van der Waals surface area contributed by atoms with E-state index >= 15 is 0 Å². The van der Waals surface area contributed by atoms with Gasteiger partial charge < -0.3 is 9.88 Å². The molecule has 110 valence electrons. The number of rotatable bonds is 3. The van der Waals surface area contributed by atoms with Crippen LogP contribution in [0.2, 0.25) is 0 Å². The maximum Gasteiger partial charge on any atom is 0.125 e. The van der Waals surface area contributed by atoms with Gasteiger partial charge in [0.05, 0.1) is 6.07 Å². The fourth-order valence-electron chi connectivity index (χ4n) is 3.31. The van der Waals surface area contributed by atoms with E-state index in [1.165, 1.54) is 0 Å². The lowest BCUT2D eigenvalue weighted by atomic mass is 9.99. The molecule has 1 fully saturated rings. The Hall–Kier alpha value is -1.83. The van der Waals surface area contributed by atoms with Crippen molar-refractivity contribution in [3.05, 3.63) is 36.0 Å². The summed E-state index contributed by atoms with van der Waals surface area (Å²) in [5, 5.41) is 10.9. The number of fused-ring (bicyclic) bond motifs is 1. The molecule has 4 heteroatoms. The Morgan fingerprint density at radius 3 is 2.76 bits per heavy atom. The van der Waals surface area contributed by atoms with Gasteiger partial charge in [-0.3, -0.25) is 4.90 Å². The first-order valence-electron chi connectivity index (χ1n) is 7.57. The quantitative estimate of drug-likeness (QED) is 0.941. The number of hydrogen-bond donors (Lipinski definition) is 1. The molecule has 1 saturated heterocycles. The molecule has 0 amide bonds. The van der Waals surface area contributed by atoms with Gasteiger partial charge in [-0.05, 0) is 46.1 Å². The summed E-state index contributed by atoms with van der Waals surface area (Å²) in [6.45, 7) is 2.22. The van der Waals surface area contributed by atoms with E-state index in [1.54, 1.807) is 0 Å². The van der Waals surface area contributed by atoms with Crippen LogP contribution in [0.3, 0.4) is 0 Å². The minimum Gasteiger partial charge on any atom is -0.361 e. The van der Waals surface area contributed by atoms with Gasteiger partial charge in [0, 0.05) is 28.7 Å². The van der Waals surface area contributed by atoms with Gasteiger partial charge in [0.25, 0.3) is 0 Å². The summed E-state index contributed by atoms with van der Waals surface area (Å²) in [6.07, 6.45) is 4.26. The number of nitrogens with zero attached hydrogens (tertiary/aromatic N) is 3. The van der Waals surface area contributed by atoms with E-state index in [-0.39, 0.29) is 6.04 Å². The molecule has 1 unspecified atom stereocenters. The van der Waals surface area contributed by atoms with Crippen molar-refractivity contribution >= 4 is 10.9 Å². The normalized spacial score (nSPS) is 19.0. The lowest BCUT2D eigenvalue weighted by Gasteiger charge is -2.37. The molecule has 0 bridgehead atoms. The highest BCUT2D eigenvalue weighted by Crippen LogP contribution is 2.30. The number of H-pyrrole nitrogens is 1. The van der Waals surface area contributed by atoms with Gasteiger partial charge in [-0.15, -0.1) is 0 Å². The van der Waals surface area contributed by atoms with Gasteiger partial charge >= 0.3 is 0 Å². The highest BCUT2D eigenvalue weighted by molar-refractivity contribution is 5.83. The SMILES string of the molecule is CN1CCC(N(C)C(C#N)c2c[nH]c3ccccc23)CC1. The maximum absolute atomic E-state index is 9.69. The third-order valence-electron chi connectivity index (χ3n) is 4.71. The molecule has 1 aliphatic heterocycles. The molecule has 0 radical (unpaired) electrons. The predicted molar refractivity (Wildman–Crippen MR) is 84.9 cm³/mol. The summed E-state index contributed by atoms with van der Waals surface area (Å²) in [5.41, 5.74) is 2.19. The Morgan fingerprint density at radius 1 is 1.33 bits per heavy atom. The third kappa shape index (κ3) is 2.67. The Bertz CT molecular complexity index is 646. The molecular weight excluding hydrogens is 260 g/mol. The molecule has 2 heterocycles. The van der Waals surface area contributed by atoms with Crippen molar-refractivity contribution in [2.24, 2.45) is 0 Å². The maximum atomic E-state index is 9.69. The minimum absolute atomic E-state index is 0.186. The number of para-hydroxylation sites is 1.